The van der Waals surface area contributed by atoms with E-state index in [1.807, 2.05) is 43.0 Å². The van der Waals surface area contributed by atoms with Crippen molar-refractivity contribution in [2.24, 2.45) is 0 Å². The molecule has 0 bridgehead atoms. The van der Waals surface area contributed by atoms with Crippen LogP contribution in [0.25, 0.3) is 0 Å². The van der Waals surface area contributed by atoms with Crippen LogP contribution in [-0.2, 0) is 11.3 Å². The Morgan fingerprint density at radius 2 is 1.96 bits per heavy atom. The number of para-hydroxylation sites is 1. The number of nitrogens with zero attached hydrogens (tertiary/aromatic N) is 5. The third-order valence-corrected chi connectivity index (χ3v) is 5.89. The first-order valence-electron chi connectivity index (χ1n) is 9.70. The Morgan fingerprint density at radius 3 is 2.74 bits per heavy atom. The zero-order valence-corrected chi connectivity index (χ0v) is 16.0. The number of hydrogen-bond donors (Lipinski definition) is 0. The van der Waals surface area contributed by atoms with E-state index in [1.54, 1.807) is 6.33 Å². The molecule has 1 aromatic carbocycles. The Labute approximate surface area is 159 Å². The summed E-state index contributed by atoms with van der Waals surface area (Å²) in [6.07, 6.45) is 3.88. The van der Waals surface area contributed by atoms with E-state index in [-0.39, 0.29) is 12.5 Å². The summed E-state index contributed by atoms with van der Waals surface area (Å²) >= 11 is 0. The third-order valence-electron chi connectivity index (χ3n) is 5.89. The van der Waals surface area contributed by atoms with Crippen LogP contribution in [0.15, 0.2) is 30.6 Å². The summed E-state index contributed by atoms with van der Waals surface area (Å²) < 4.78 is 7.86. The molecule has 27 heavy (non-hydrogen) atoms. The Morgan fingerprint density at radius 1 is 1.15 bits per heavy atom. The number of likely N-dealkylation sites (tertiary alicyclic amines) is 2. The first-order valence-corrected chi connectivity index (χ1v) is 9.70. The van der Waals surface area contributed by atoms with Gasteiger partial charge in [-0.15, -0.1) is 10.2 Å². The maximum absolute atomic E-state index is 12.7. The minimum absolute atomic E-state index is 0.0993. The van der Waals surface area contributed by atoms with Crippen molar-refractivity contribution in [2.75, 3.05) is 26.2 Å². The highest BCUT2D eigenvalue weighted by Crippen LogP contribution is 2.31. The van der Waals surface area contributed by atoms with Crippen LogP contribution in [0, 0.1) is 13.8 Å². The SMILES string of the molecule is Cc1ccccc1OCC(=O)N1CC[C@H]2[C@@H]1CCN2CCn1cnnc1C. The average Bonchev–Trinajstić information content (AvgIpc) is 3.36. The van der Waals surface area contributed by atoms with Crippen molar-refractivity contribution in [3.63, 3.8) is 0 Å². The number of aromatic nitrogens is 3. The van der Waals surface area contributed by atoms with Crippen molar-refractivity contribution >= 4 is 5.91 Å². The number of carbonyl (C=O) groups excluding carboxylic acids is 1. The number of rotatable bonds is 6. The smallest absolute Gasteiger partial charge is 0.260 e. The van der Waals surface area contributed by atoms with Crippen LogP contribution in [0.1, 0.15) is 24.2 Å². The van der Waals surface area contributed by atoms with Gasteiger partial charge >= 0.3 is 0 Å². The predicted octanol–water partition coefficient (Wildman–Crippen LogP) is 1.65. The monoisotopic (exact) mass is 369 g/mol. The number of fused-ring (bicyclic) bond motifs is 1. The van der Waals surface area contributed by atoms with E-state index in [1.165, 1.54) is 0 Å². The molecule has 0 spiro atoms. The first kappa shape index (κ1) is 18.0. The molecule has 1 amide bonds. The second kappa shape index (κ2) is 7.68. The summed E-state index contributed by atoms with van der Waals surface area (Å²) in [6, 6.07) is 8.61. The van der Waals surface area contributed by atoms with Crippen molar-refractivity contribution < 1.29 is 9.53 Å². The Balaban J connectivity index is 1.31. The number of hydrogen-bond acceptors (Lipinski definition) is 5. The van der Waals surface area contributed by atoms with Gasteiger partial charge in [0.1, 0.15) is 17.9 Å². The van der Waals surface area contributed by atoms with Crippen molar-refractivity contribution in [1.82, 2.24) is 24.6 Å². The lowest BCUT2D eigenvalue weighted by molar-refractivity contribution is -0.134. The Kier molecular flexibility index (Phi) is 5.11. The van der Waals surface area contributed by atoms with Crippen molar-refractivity contribution in [3.8, 4) is 5.75 Å². The lowest BCUT2D eigenvalue weighted by atomic mass is 10.1. The Bertz CT molecular complexity index is 805. The summed E-state index contributed by atoms with van der Waals surface area (Å²) in [7, 11) is 0. The number of amides is 1. The van der Waals surface area contributed by atoms with E-state index < -0.39 is 0 Å². The average molecular weight is 369 g/mol. The molecule has 1 aromatic heterocycles. The quantitative estimate of drug-likeness (QED) is 0.775. The molecule has 144 valence electrons. The summed E-state index contributed by atoms with van der Waals surface area (Å²) in [5, 5.41) is 7.99. The molecule has 0 unspecified atom stereocenters. The van der Waals surface area contributed by atoms with Gasteiger partial charge in [0, 0.05) is 38.3 Å². The van der Waals surface area contributed by atoms with Gasteiger partial charge in [0.2, 0.25) is 0 Å². The minimum atomic E-state index is 0.0993. The third kappa shape index (κ3) is 3.69. The molecule has 2 aromatic rings. The van der Waals surface area contributed by atoms with Gasteiger partial charge in [0.25, 0.3) is 5.91 Å². The lowest BCUT2D eigenvalue weighted by Crippen LogP contribution is -2.42. The summed E-state index contributed by atoms with van der Waals surface area (Å²) in [5.74, 6) is 1.84. The van der Waals surface area contributed by atoms with Gasteiger partial charge in [-0.05, 0) is 38.3 Å². The summed E-state index contributed by atoms with van der Waals surface area (Å²) in [6.45, 7) is 7.83. The molecule has 0 aliphatic carbocycles. The fraction of sp³-hybridized carbons (Fsp3) is 0.550. The molecule has 2 fully saturated rings. The number of ether oxygens (including phenoxy) is 1. The van der Waals surface area contributed by atoms with Gasteiger partial charge in [-0.2, -0.15) is 0 Å². The molecule has 0 N–H and O–H groups in total. The fourth-order valence-electron chi connectivity index (χ4n) is 4.37. The fourth-order valence-corrected chi connectivity index (χ4v) is 4.37. The van der Waals surface area contributed by atoms with Crippen molar-refractivity contribution in [1.29, 1.82) is 0 Å². The van der Waals surface area contributed by atoms with E-state index in [4.69, 9.17) is 4.74 Å². The van der Waals surface area contributed by atoms with Crippen LogP contribution in [0.4, 0.5) is 0 Å². The molecule has 2 aliphatic rings. The largest absolute Gasteiger partial charge is 0.484 e. The van der Waals surface area contributed by atoms with Gasteiger partial charge in [-0.1, -0.05) is 18.2 Å². The van der Waals surface area contributed by atoms with E-state index in [0.717, 1.165) is 56.2 Å². The molecule has 0 radical (unpaired) electrons. The van der Waals surface area contributed by atoms with Gasteiger partial charge in [0.15, 0.2) is 6.61 Å². The van der Waals surface area contributed by atoms with Gasteiger partial charge in [-0.3, -0.25) is 9.69 Å². The van der Waals surface area contributed by atoms with Crippen LogP contribution in [0.2, 0.25) is 0 Å². The molecule has 3 heterocycles. The standard InChI is InChI=1S/C20H27N5O2/c1-15-5-3-4-6-19(15)27-13-20(26)25-10-8-17-18(25)7-9-23(17)11-12-24-14-21-22-16(24)2/h3-6,14,17-18H,7-13H2,1-2H3/t17-,18-/m0/s1. The van der Waals surface area contributed by atoms with Crippen LogP contribution in [0.3, 0.4) is 0 Å². The highest BCUT2D eigenvalue weighted by Gasteiger charge is 2.44. The molecule has 0 saturated carbocycles. The van der Waals surface area contributed by atoms with Gasteiger partial charge in [-0.25, -0.2) is 0 Å². The predicted molar refractivity (Wildman–Crippen MR) is 102 cm³/mol. The zero-order valence-electron chi connectivity index (χ0n) is 16.0. The van der Waals surface area contributed by atoms with Crippen molar-refractivity contribution in [2.45, 2.75) is 45.3 Å². The van der Waals surface area contributed by atoms with E-state index >= 15 is 0 Å². The zero-order chi connectivity index (χ0) is 18.8. The highest BCUT2D eigenvalue weighted by atomic mass is 16.5. The topological polar surface area (TPSA) is 63.5 Å². The molecule has 7 heteroatoms. The number of benzene rings is 1. The lowest BCUT2D eigenvalue weighted by Gasteiger charge is -2.26. The van der Waals surface area contributed by atoms with E-state index in [2.05, 4.69) is 19.7 Å². The van der Waals surface area contributed by atoms with Crippen LogP contribution in [0.5, 0.6) is 5.75 Å². The van der Waals surface area contributed by atoms with Crippen LogP contribution in [-0.4, -0.2) is 68.8 Å². The molecular formula is C20H27N5O2. The minimum Gasteiger partial charge on any atom is -0.484 e. The molecule has 4 rings (SSSR count). The molecular weight excluding hydrogens is 342 g/mol. The van der Waals surface area contributed by atoms with Gasteiger partial charge < -0.3 is 14.2 Å². The molecule has 2 saturated heterocycles. The summed E-state index contributed by atoms with van der Waals surface area (Å²) in [5.41, 5.74) is 1.06. The molecule has 7 nitrogen and oxygen atoms in total. The van der Waals surface area contributed by atoms with Crippen LogP contribution < -0.4 is 4.74 Å². The first-order chi connectivity index (χ1) is 13.1. The van der Waals surface area contributed by atoms with Crippen LogP contribution >= 0.6 is 0 Å². The van der Waals surface area contributed by atoms with Gasteiger partial charge in [0.05, 0.1) is 0 Å². The number of aryl methyl sites for hydroxylation is 2. The number of carbonyl (C=O) groups is 1. The maximum Gasteiger partial charge on any atom is 0.260 e. The normalized spacial score (nSPS) is 22.2. The second-order valence-corrected chi connectivity index (χ2v) is 7.46. The molecule has 2 aliphatic heterocycles. The Hall–Kier alpha value is -2.41. The van der Waals surface area contributed by atoms with Crippen molar-refractivity contribution in [3.05, 3.63) is 42.0 Å². The summed E-state index contributed by atoms with van der Waals surface area (Å²) in [4.78, 5) is 17.3. The molecule has 2 atom stereocenters. The van der Waals surface area contributed by atoms with E-state index in [0.29, 0.717) is 12.1 Å². The highest BCUT2D eigenvalue weighted by molar-refractivity contribution is 5.78. The van der Waals surface area contributed by atoms with E-state index in [9.17, 15) is 4.79 Å². The second-order valence-electron chi connectivity index (χ2n) is 7.46. The maximum atomic E-state index is 12.7.